The lowest BCUT2D eigenvalue weighted by Gasteiger charge is -2.59. The Hall–Kier alpha value is -0.500. The molecule has 1 aromatic heterocycles. The molecule has 0 bridgehead atoms. The minimum atomic E-state index is -1.71. The van der Waals surface area contributed by atoms with E-state index in [4.69, 9.17) is 47.1 Å². The number of ketones is 1. The van der Waals surface area contributed by atoms with Gasteiger partial charge in [-0.05, 0) is 24.1 Å². The Bertz CT molecular complexity index is 560. The van der Waals surface area contributed by atoms with Crippen LogP contribution < -0.4 is 0 Å². The maximum absolute atomic E-state index is 11.7. The molecule has 19 heavy (non-hydrogen) atoms. The lowest BCUT2D eigenvalue weighted by Crippen LogP contribution is -2.54. The van der Waals surface area contributed by atoms with Crippen molar-refractivity contribution in [1.82, 2.24) is 0 Å². The SMILES string of the molecule is [B]C1([B])Cc2sc(C(=O)C=C)cc2C([B])([B])C1([B])[B]. The lowest BCUT2D eigenvalue weighted by molar-refractivity contribution is 0.105. The number of hydrogen-bond donors (Lipinski definition) is 0. The molecule has 0 aromatic carbocycles. The average molecular weight is 251 g/mol. The summed E-state index contributed by atoms with van der Waals surface area (Å²) in [5.74, 6) is -0.227. The van der Waals surface area contributed by atoms with E-state index in [1.165, 1.54) is 17.4 Å². The fourth-order valence-corrected chi connectivity index (χ4v) is 3.43. The topological polar surface area (TPSA) is 17.1 Å². The first kappa shape index (κ1) is 14.9. The highest BCUT2D eigenvalue weighted by molar-refractivity contribution is 7.14. The van der Waals surface area contributed by atoms with Crippen molar-refractivity contribution in [3.05, 3.63) is 34.0 Å². The lowest BCUT2D eigenvalue weighted by atomic mass is 9.15. The van der Waals surface area contributed by atoms with Crippen LogP contribution in [0.1, 0.15) is 20.1 Å². The molecule has 1 aliphatic carbocycles. The Morgan fingerprint density at radius 3 is 2.37 bits per heavy atom. The van der Waals surface area contributed by atoms with Crippen molar-refractivity contribution in [3.8, 4) is 0 Å². The highest BCUT2D eigenvalue weighted by Crippen LogP contribution is 2.60. The van der Waals surface area contributed by atoms with Gasteiger partial charge in [-0.2, -0.15) is 0 Å². The zero-order valence-corrected chi connectivity index (χ0v) is 11.2. The molecule has 2 rings (SSSR count). The summed E-state index contributed by atoms with van der Waals surface area (Å²) in [6.45, 7) is 3.43. The summed E-state index contributed by atoms with van der Waals surface area (Å²) < 4.78 is 0. The Morgan fingerprint density at radius 1 is 1.26 bits per heavy atom. The highest BCUT2D eigenvalue weighted by Gasteiger charge is 2.50. The van der Waals surface area contributed by atoms with E-state index in [1.807, 2.05) is 0 Å². The van der Waals surface area contributed by atoms with Crippen LogP contribution in [0.15, 0.2) is 18.7 Å². The van der Waals surface area contributed by atoms with Crippen molar-refractivity contribution in [2.75, 3.05) is 0 Å². The molecule has 1 nitrogen and oxygen atoms in total. The third-order valence-electron chi connectivity index (χ3n) is 3.59. The predicted octanol–water partition coefficient (Wildman–Crippen LogP) is 0.0691. The van der Waals surface area contributed by atoms with Crippen molar-refractivity contribution in [1.29, 1.82) is 0 Å². The van der Waals surface area contributed by atoms with Crippen LogP contribution in [0.25, 0.3) is 0 Å². The summed E-state index contributed by atoms with van der Waals surface area (Å²) in [5, 5.41) is -4.80. The Kier molecular flexibility index (Phi) is 3.33. The largest absolute Gasteiger partial charge is 0.288 e. The number of allylic oxidation sites excluding steroid dienone is 1. The van der Waals surface area contributed by atoms with Crippen LogP contribution in [0.5, 0.6) is 0 Å². The summed E-state index contributed by atoms with van der Waals surface area (Å²) in [6.07, 6.45) is 1.41. The van der Waals surface area contributed by atoms with Gasteiger partial charge in [-0.15, -0.1) is 21.8 Å². The van der Waals surface area contributed by atoms with Crippen LogP contribution in [-0.2, 0) is 11.6 Å². The summed E-state index contributed by atoms with van der Waals surface area (Å²) in [4.78, 5) is 12.8. The minimum Gasteiger partial charge on any atom is -0.288 e. The Balaban J connectivity index is 2.64. The summed E-state index contributed by atoms with van der Waals surface area (Å²) in [5.41, 5.74) is 0.499. The summed E-state index contributed by atoms with van der Waals surface area (Å²) in [6, 6.07) is 1.58. The normalized spacial score (nSPS) is 22.3. The number of carbonyl (C=O) groups excluding carboxylic acids is 1. The van der Waals surface area contributed by atoms with E-state index >= 15 is 0 Å². The molecule has 0 aliphatic heterocycles. The van der Waals surface area contributed by atoms with Crippen LogP contribution in [0.4, 0.5) is 0 Å². The maximum atomic E-state index is 11.7. The molecular weight excluding hydrogens is 245 g/mol. The van der Waals surface area contributed by atoms with Gasteiger partial charge >= 0.3 is 0 Å². The zero-order valence-electron chi connectivity index (χ0n) is 10.3. The summed E-state index contributed by atoms with van der Waals surface area (Å²) >= 11 is 1.22. The molecule has 0 atom stereocenters. The molecule has 8 heteroatoms. The first-order valence-corrected chi connectivity index (χ1v) is 6.39. The first-order chi connectivity index (χ1) is 8.54. The van der Waals surface area contributed by atoms with Gasteiger partial charge in [0.1, 0.15) is 0 Å². The van der Waals surface area contributed by atoms with Crippen LogP contribution in [0.2, 0.25) is 10.4 Å². The summed E-state index contributed by atoms with van der Waals surface area (Å²) in [7, 11) is 35.8. The first-order valence-electron chi connectivity index (χ1n) is 5.58. The van der Waals surface area contributed by atoms with E-state index in [0.717, 1.165) is 0 Å². The molecule has 0 unspecified atom stereocenters. The molecule has 0 saturated heterocycles. The molecule has 0 spiro atoms. The number of hydrogen-bond acceptors (Lipinski definition) is 2. The van der Waals surface area contributed by atoms with E-state index in [9.17, 15) is 4.79 Å². The van der Waals surface area contributed by atoms with Crippen LogP contribution >= 0.6 is 11.3 Å². The van der Waals surface area contributed by atoms with Crippen molar-refractivity contribution < 1.29 is 4.79 Å². The van der Waals surface area contributed by atoms with Gasteiger partial charge in [0.2, 0.25) is 0 Å². The maximum Gasteiger partial charge on any atom is 0.195 e. The third-order valence-corrected chi connectivity index (χ3v) is 4.74. The van der Waals surface area contributed by atoms with Gasteiger partial charge in [0.05, 0.1) is 52.0 Å². The fourth-order valence-electron chi connectivity index (χ4n) is 2.15. The second-order valence-corrected chi connectivity index (χ2v) is 6.11. The zero-order chi connectivity index (χ0) is 14.6. The molecule has 0 fully saturated rings. The molecule has 1 aliphatic rings. The molecule has 0 N–H and O–H groups in total. The number of rotatable bonds is 2. The van der Waals surface area contributed by atoms with Gasteiger partial charge in [-0.25, -0.2) is 0 Å². The van der Waals surface area contributed by atoms with Crippen molar-refractivity contribution in [2.24, 2.45) is 0 Å². The third kappa shape index (κ3) is 1.94. The van der Waals surface area contributed by atoms with Crippen molar-refractivity contribution in [2.45, 2.75) is 22.1 Å². The van der Waals surface area contributed by atoms with Gasteiger partial charge in [-0.3, -0.25) is 4.79 Å². The standard InChI is InChI=1S/C11H6B6OS/c1-2-6(18)7-3-5-8(19-7)4-9(12,13)11(16,17)10(5,14)15/h2-3H,1,4H2. The molecule has 0 saturated carbocycles. The van der Waals surface area contributed by atoms with Crippen LogP contribution in [-0.4, -0.2) is 52.9 Å². The fraction of sp³-hybridized carbons (Fsp3) is 0.364. The van der Waals surface area contributed by atoms with E-state index < -0.39 is 15.6 Å². The number of carbonyl (C=O) groups is 1. The van der Waals surface area contributed by atoms with Crippen LogP contribution in [0.3, 0.4) is 0 Å². The van der Waals surface area contributed by atoms with Crippen LogP contribution in [0, 0.1) is 0 Å². The second kappa shape index (κ2) is 4.25. The van der Waals surface area contributed by atoms with Gasteiger partial charge in [0.15, 0.2) is 5.78 Å². The molecule has 0 amide bonds. The van der Waals surface area contributed by atoms with E-state index in [2.05, 4.69) is 6.58 Å². The highest BCUT2D eigenvalue weighted by atomic mass is 32.1. The van der Waals surface area contributed by atoms with E-state index in [-0.39, 0.29) is 12.2 Å². The number of thiophene rings is 1. The number of fused-ring (bicyclic) bond motifs is 1. The van der Waals surface area contributed by atoms with Gasteiger partial charge in [-0.1, -0.05) is 11.8 Å². The predicted molar refractivity (Wildman–Crippen MR) is 84.1 cm³/mol. The van der Waals surface area contributed by atoms with Gasteiger partial charge in [0.25, 0.3) is 0 Å². The monoisotopic (exact) mass is 252 g/mol. The smallest absolute Gasteiger partial charge is 0.195 e. The van der Waals surface area contributed by atoms with E-state index in [0.29, 0.717) is 15.3 Å². The molecule has 12 radical (unpaired) electrons. The van der Waals surface area contributed by atoms with E-state index in [1.54, 1.807) is 6.07 Å². The molecular formula is C11H6B6OS. The molecule has 1 aromatic rings. The second-order valence-electron chi connectivity index (χ2n) is 4.97. The van der Waals surface area contributed by atoms with Crippen molar-refractivity contribution in [3.63, 3.8) is 0 Å². The Labute approximate surface area is 125 Å². The molecule has 1 heterocycles. The molecule has 80 valence electrons. The van der Waals surface area contributed by atoms with Crippen molar-refractivity contribution >= 4 is 64.2 Å². The Morgan fingerprint density at radius 2 is 1.84 bits per heavy atom. The van der Waals surface area contributed by atoms with Gasteiger partial charge < -0.3 is 0 Å². The minimum absolute atomic E-state index is 0.195. The average Bonchev–Trinajstić information content (AvgIpc) is 2.70. The quantitative estimate of drug-likeness (QED) is 0.413. The van der Waals surface area contributed by atoms with Gasteiger partial charge in [0, 0.05) is 4.88 Å².